The van der Waals surface area contributed by atoms with Gasteiger partial charge in [-0.25, -0.2) is 0 Å². The highest BCUT2D eigenvalue weighted by Crippen LogP contribution is 2.26. The molecule has 1 unspecified atom stereocenters. The summed E-state index contributed by atoms with van der Waals surface area (Å²) in [4.78, 5) is 0. The molecule has 0 amide bonds. The molecule has 0 saturated heterocycles. The molecule has 1 atom stereocenters. The van der Waals surface area contributed by atoms with Gasteiger partial charge in [-0.2, -0.15) is 0 Å². The number of aryl methyl sites for hydroxylation is 3. The van der Waals surface area contributed by atoms with Crippen LogP contribution in [0, 0.1) is 6.92 Å². The Morgan fingerprint density at radius 3 is 2.70 bits per heavy atom. The van der Waals surface area contributed by atoms with E-state index in [9.17, 15) is 0 Å². The van der Waals surface area contributed by atoms with Crippen molar-refractivity contribution in [2.45, 2.75) is 38.6 Å². The van der Waals surface area contributed by atoms with Crippen LogP contribution >= 0.6 is 11.6 Å². The van der Waals surface area contributed by atoms with Gasteiger partial charge >= 0.3 is 0 Å². The average Bonchev–Trinajstić information content (AvgIpc) is 2.85. The topological polar surface area (TPSA) is 26.0 Å². The number of nitrogens with two attached hydrogens (primary N) is 1. The van der Waals surface area contributed by atoms with Crippen molar-refractivity contribution < 1.29 is 0 Å². The molecule has 0 saturated carbocycles. The second kappa shape index (κ2) is 5.59. The highest BCUT2D eigenvalue weighted by Gasteiger charge is 2.13. The smallest absolute Gasteiger partial charge is 0.0411 e. The average molecular weight is 286 g/mol. The Hall–Kier alpha value is -1.31. The van der Waals surface area contributed by atoms with E-state index >= 15 is 0 Å². The molecule has 2 aromatic carbocycles. The second-order valence-electron chi connectivity index (χ2n) is 5.83. The van der Waals surface area contributed by atoms with E-state index in [1.54, 1.807) is 0 Å². The van der Waals surface area contributed by atoms with Crippen LogP contribution in [-0.2, 0) is 19.3 Å². The molecule has 1 aliphatic carbocycles. The molecule has 0 radical (unpaired) electrons. The molecule has 2 heteroatoms. The Labute approximate surface area is 125 Å². The van der Waals surface area contributed by atoms with Gasteiger partial charge in [0.1, 0.15) is 0 Å². The molecule has 104 valence electrons. The minimum Gasteiger partial charge on any atom is -0.324 e. The number of hydrogen-bond acceptors (Lipinski definition) is 1. The molecule has 2 aromatic rings. The fourth-order valence-electron chi connectivity index (χ4n) is 3.10. The number of halogens is 1. The predicted molar refractivity (Wildman–Crippen MR) is 85.3 cm³/mol. The van der Waals surface area contributed by atoms with Gasteiger partial charge in [0.15, 0.2) is 0 Å². The van der Waals surface area contributed by atoms with Crippen LogP contribution in [0.5, 0.6) is 0 Å². The van der Waals surface area contributed by atoms with Gasteiger partial charge in [-0.15, -0.1) is 0 Å². The van der Waals surface area contributed by atoms with Crippen molar-refractivity contribution in [3.05, 3.63) is 69.2 Å². The van der Waals surface area contributed by atoms with E-state index in [1.807, 2.05) is 12.1 Å². The number of rotatable bonds is 3. The lowest BCUT2D eigenvalue weighted by molar-refractivity contribution is 0.720. The first kappa shape index (κ1) is 13.7. The summed E-state index contributed by atoms with van der Waals surface area (Å²) in [5, 5.41) is 0.768. The molecule has 20 heavy (non-hydrogen) atoms. The van der Waals surface area contributed by atoms with Crippen LogP contribution in [0.1, 0.15) is 40.3 Å². The zero-order valence-corrected chi connectivity index (χ0v) is 12.6. The molecule has 0 aromatic heterocycles. The SMILES string of the molecule is Cc1cc(Cl)cc(C(N)Cc2ccc3c(c2)CCC3)c1. The fraction of sp³-hybridized carbons (Fsp3) is 0.333. The Kier molecular flexibility index (Phi) is 3.82. The van der Waals surface area contributed by atoms with Crippen molar-refractivity contribution in [3.63, 3.8) is 0 Å². The van der Waals surface area contributed by atoms with Crippen LogP contribution < -0.4 is 5.73 Å². The standard InChI is InChI=1S/C18H20ClN/c1-12-7-16(11-17(19)8-12)18(20)10-13-5-6-14-3-2-4-15(14)9-13/h5-9,11,18H,2-4,10,20H2,1H3. The highest BCUT2D eigenvalue weighted by molar-refractivity contribution is 6.30. The Balaban J connectivity index is 1.80. The minimum atomic E-state index is 0.00635. The molecule has 0 heterocycles. The minimum absolute atomic E-state index is 0.00635. The summed E-state index contributed by atoms with van der Waals surface area (Å²) < 4.78 is 0. The molecule has 0 fully saturated rings. The van der Waals surface area contributed by atoms with Gasteiger partial charge < -0.3 is 5.73 Å². The van der Waals surface area contributed by atoms with Gasteiger partial charge in [0, 0.05) is 11.1 Å². The van der Waals surface area contributed by atoms with E-state index in [1.165, 1.54) is 36.0 Å². The lowest BCUT2D eigenvalue weighted by Gasteiger charge is -2.14. The monoisotopic (exact) mass is 285 g/mol. The fourth-order valence-corrected chi connectivity index (χ4v) is 3.40. The molecule has 0 aliphatic heterocycles. The van der Waals surface area contributed by atoms with Crippen molar-refractivity contribution in [1.29, 1.82) is 0 Å². The molecule has 0 spiro atoms. The first-order chi connectivity index (χ1) is 9.61. The van der Waals surface area contributed by atoms with Gasteiger partial charge in [0.25, 0.3) is 0 Å². The summed E-state index contributed by atoms with van der Waals surface area (Å²) in [7, 11) is 0. The van der Waals surface area contributed by atoms with Gasteiger partial charge in [-0.3, -0.25) is 0 Å². The summed E-state index contributed by atoms with van der Waals surface area (Å²) in [6.45, 7) is 2.05. The van der Waals surface area contributed by atoms with Crippen LogP contribution in [0.3, 0.4) is 0 Å². The third-order valence-corrected chi connectivity index (χ3v) is 4.33. The maximum Gasteiger partial charge on any atom is 0.0411 e. The van der Waals surface area contributed by atoms with E-state index < -0.39 is 0 Å². The Morgan fingerprint density at radius 2 is 1.90 bits per heavy atom. The predicted octanol–water partition coefficient (Wildman–Crippen LogP) is 4.38. The summed E-state index contributed by atoms with van der Waals surface area (Å²) in [6.07, 6.45) is 4.61. The van der Waals surface area contributed by atoms with Gasteiger partial charge in [0.05, 0.1) is 0 Å². The normalized spacial score (nSPS) is 15.2. The van der Waals surface area contributed by atoms with Crippen LogP contribution in [0.4, 0.5) is 0 Å². The van der Waals surface area contributed by atoms with Gasteiger partial charge in [-0.1, -0.05) is 35.9 Å². The Bertz CT molecular complexity index is 613. The first-order valence-corrected chi connectivity index (χ1v) is 7.63. The molecule has 1 aliphatic rings. The van der Waals surface area contributed by atoms with E-state index in [0.717, 1.165) is 22.6 Å². The number of benzene rings is 2. The third-order valence-electron chi connectivity index (χ3n) is 4.11. The van der Waals surface area contributed by atoms with E-state index in [0.29, 0.717) is 0 Å². The van der Waals surface area contributed by atoms with Crippen molar-refractivity contribution >= 4 is 11.6 Å². The molecule has 2 N–H and O–H groups in total. The summed E-state index contributed by atoms with van der Waals surface area (Å²) >= 11 is 6.12. The zero-order chi connectivity index (χ0) is 14.1. The van der Waals surface area contributed by atoms with Crippen molar-refractivity contribution in [2.75, 3.05) is 0 Å². The Morgan fingerprint density at radius 1 is 1.10 bits per heavy atom. The van der Waals surface area contributed by atoms with Crippen molar-refractivity contribution in [1.82, 2.24) is 0 Å². The molecular weight excluding hydrogens is 266 g/mol. The van der Waals surface area contributed by atoms with Crippen LogP contribution in [0.2, 0.25) is 5.02 Å². The second-order valence-corrected chi connectivity index (χ2v) is 6.27. The molecule has 1 nitrogen and oxygen atoms in total. The third kappa shape index (κ3) is 2.89. The maximum atomic E-state index is 6.35. The highest BCUT2D eigenvalue weighted by atomic mass is 35.5. The zero-order valence-electron chi connectivity index (χ0n) is 11.8. The lowest BCUT2D eigenvalue weighted by atomic mass is 9.96. The van der Waals surface area contributed by atoms with Crippen molar-refractivity contribution in [2.24, 2.45) is 5.73 Å². The van der Waals surface area contributed by atoms with E-state index in [4.69, 9.17) is 17.3 Å². The summed E-state index contributed by atoms with van der Waals surface area (Å²) in [5.74, 6) is 0. The largest absolute Gasteiger partial charge is 0.324 e. The quantitative estimate of drug-likeness (QED) is 0.890. The maximum absolute atomic E-state index is 6.35. The van der Waals surface area contributed by atoms with E-state index in [-0.39, 0.29) is 6.04 Å². The van der Waals surface area contributed by atoms with E-state index in [2.05, 4.69) is 31.2 Å². The van der Waals surface area contributed by atoms with Crippen LogP contribution in [-0.4, -0.2) is 0 Å². The molecule has 0 bridgehead atoms. The number of fused-ring (bicyclic) bond motifs is 1. The lowest BCUT2D eigenvalue weighted by Crippen LogP contribution is -2.13. The van der Waals surface area contributed by atoms with Crippen LogP contribution in [0.15, 0.2) is 36.4 Å². The first-order valence-electron chi connectivity index (χ1n) is 7.25. The van der Waals surface area contributed by atoms with Crippen molar-refractivity contribution in [3.8, 4) is 0 Å². The van der Waals surface area contributed by atoms with Gasteiger partial charge in [0.2, 0.25) is 0 Å². The molecule has 3 rings (SSSR count). The molecular formula is C18H20ClN. The van der Waals surface area contributed by atoms with Gasteiger partial charge in [-0.05, 0) is 72.6 Å². The van der Waals surface area contributed by atoms with Crippen LogP contribution in [0.25, 0.3) is 0 Å². The summed E-state index contributed by atoms with van der Waals surface area (Å²) in [6, 6.07) is 12.9. The number of hydrogen-bond donors (Lipinski definition) is 1. The summed E-state index contributed by atoms with van der Waals surface area (Å²) in [5.41, 5.74) is 13.0.